The predicted molar refractivity (Wildman–Crippen MR) is 72.7 cm³/mol. The molecule has 0 radical (unpaired) electrons. The van der Waals surface area contributed by atoms with Crippen LogP contribution in [0.5, 0.6) is 0 Å². The fourth-order valence-electron chi connectivity index (χ4n) is 1.55. The van der Waals surface area contributed by atoms with Crippen LogP contribution in [-0.2, 0) is 7.05 Å². The van der Waals surface area contributed by atoms with Crippen LogP contribution in [-0.4, -0.2) is 14.8 Å². The summed E-state index contributed by atoms with van der Waals surface area (Å²) in [6.07, 6.45) is 0. The molecule has 0 aliphatic rings. The van der Waals surface area contributed by atoms with Crippen LogP contribution in [0.15, 0.2) is 14.7 Å². The molecule has 0 saturated heterocycles. The maximum atomic E-state index is 6.13. The summed E-state index contributed by atoms with van der Waals surface area (Å²) in [5.74, 6) is 0.341. The van der Waals surface area contributed by atoms with Gasteiger partial charge in [0, 0.05) is 18.1 Å². The zero-order valence-electron chi connectivity index (χ0n) is 10.4. The summed E-state index contributed by atoms with van der Waals surface area (Å²) in [7, 11) is 1.92. The van der Waals surface area contributed by atoms with Crippen LogP contribution in [0.1, 0.15) is 31.2 Å². The van der Waals surface area contributed by atoms with Crippen molar-refractivity contribution in [1.29, 1.82) is 0 Å². The highest BCUT2D eigenvalue weighted by atomic mass is 32.2. The third kappa shape index (κ3) is 2.47. The Labute approximate surface area is 109 Å². The van der Waals surface area contributed by atoms with Crippen molar-refractivity contribution in [2.45, 2.75) is 36.1 Å². The summed E-state index contributed by atoms with van der Waals surface area (Å²) >= 11 is 3.22. The Morgan fingerprint density at radius 3 is 2.65 bits per heavy atom. The summed E-state index contributed by atoms with van der Waals surface area (Å²) in [5.41, 5.74) is 8.92. The molecule has 2 N–H and O–H groups in total. The molecule has 0 aliphatic carbocycles. The van der Waals surface area contributed by atoms with E-state index in [-0.39, 0.29) is 0 Å². The minimum atomic E-state index is 0.341. The average Bonchev–Trinajstić information content (AvgIpc) is 2.77. The summed E-state index contributed by atoms with van der Waals surface area (Å²) in [6, 6.07) is 0. The molecule has 0 saturated carbocycles. The Hall–Kier alpha value is -1.01. The number of nitrogens with zero attached hydrogens (tertiary/aromatic N) is 3. The van der Waals surface area contributed by atoms with E-state index < -0.39 is 0 Å². The van der Waals surface area contributed by atoms with Gasteiger partial charge in [0.2, 0.25) is 0 Å². The molecule has 0 aromatic carbocycles. The Kier molecular flexibility index (Phi) is 3.44. The lowest BCUT2D eigenvalue weighted by Crippen LogP contribution is -1.94. The van der Waals surface area contributed by atoms with Crippen molar-refractivity contribution in [2.24, 2.45) is 7.05 Å². The molecular weight excluding hydrogens is 252 g/mol. The number of nitrogen functional groups attached to an aromatic ring is 1. The second kappa shape index (κ2) is 4.70. The summed E-state index contributed by atoms with van der Waals surface area (Å²) in [4.78, 5) is 4.43. The second-order valence-electron chi connectivity index (χ2n) is 4.24. The third-order valence-electron chi connectivity index (χ3n) is 2.39. The van der Waals surface area contributed by atoms with Gasteiger partial charge in [-0.15, -0.1) is 11.3 Å². The highest BCUT2D eigenvalue weighted by Crippen LogP contribution is 2.36. The van der Waals surface area contributed by atoms with Gasteiger partial charge < -0.3 is 5.73 Å². The third-order valence-corrected chi connectivity index (χ3v) is 4.62. The molecule has 2 aromatic rings. The summed E-state index contributed by atoms with van der Waals surface area (Å²) in [6.45, 7) is 6.19. The van der Waals surface area contributed by atoms with Gasteiger partial charge in [0.05, 0.1) is 11.4 Å². The Bertz CT molecular complexity index is 528. The fourth-order valence-corrected chi connectivity index (χ4v) is 3.39. The molecular formula is C11H16N4S2. The van der Waals surface area contributed by atoms with Crippen molar-refractivity contribution in [3.8, 4) is 0 Å². The van der Waals surface area contributed by atoms with Gasteiger partial charge in [-0.25, -0.2) is 4.98 Å². The number of nitrogens with two attached hydrogens (primary N) is 1. The van der Waals surface area contributed by atoms with E-state index in [1.165, 1.54) is 0 Å². The lowest BCUT2D eigenvalue weighted by atomic mass is 10.1. The highest BCUT2D eigenvalue weighted by Gasteiger charge is 2.17. The van der Waals surface area contributed by atoms with E-state index in [1.807, 2.05) is 24.0 Å². The lowest BCUT2D eigenvalue weighted by molar-refractivity contribution is 0.671. The summed E-state index contributed by atoms with van der Waals surface area (Å²) < 4.78 is 2.85. The van der Waals surface area contributed by atoms with Crippen LogP contribution in [0.3, 0.4) is 0 Å². The van der Waals surface area contributed by atoms with Crippen LogP contribution in [0.2, 0.25) is 0 Å². The molecule has 2 rings (SSSR count). The summed E-state index contributed by atoms with van der Waals surface area (Å²) in [5, 5.41) is 7.48. The normalized spacial score (nSPS) is 11.4. The van der Waals surface area contributed by atoms with Crippen molar-refractivity contribution in [3.05, 3.63) is 16.8 Å². The number of aromatic nitrogens is 3. The van der Waals surface area contributed by atoms with Crippen LogP contribution in [0.25, 0.3) is 0 Å². The lowest BCUT2D eigenvalue weighted by Gasteiger charge is -2.01. The molecule has 0 spiro atoms. The van der Waals surface area contributed by atoms with Gasteiger partial charge in [-0.1, -0.05) is 13.8 Å². The average molecular weight is 268 g/mol. The van der Waals surface area contributed by atoms with Crippen molar-refractivity contribution < 1.29 is 0 Å². The van der Waals surface area contributed by atoms with Gasteiger partial charge in [0.25, 0.3) is 0 Å². The van der Waals surface area contributed by atoms with Crippen molar-refractivity contribution >= 4 is 28.8 Å². The molecule has 6 heteroatoms. The SMILES string of the molecule is Cc1csc(Sc2c(N)c(C(C)C)nn2C)n1. The largest absolute Gasteiger partial charge is 0.395 e. The van der Waals surface area contributed by atoms with E-state index in [9.17, 15) is 0 Å². The zero-order valence-corrected chi connectivity index (χ0v) is 12.0. The van der Waals surface area contributed by atoms with E-state index in [1.54, 1.807) is 23.1 Å². The Morgan fingerprint density at radius 2 is 2.18 bits per heavy atom. The first-order valence-corrected chi connectivity index (χ1v) is 7.11. The van der Waals surface area contributed by atoms with Crippen molar-refractivity contribution in [3.63, 3.8) is 0 Å². The van der Waals surface area contributed by atoms with E-state index in [2.05, 4.69) is 23.9 Å². The molecule has 4 nitrogen and oxygen atoms in total. The fraction of sp³-hybridized carbons (Fsp3) is 0.455. The van der Waals surface area contributed by atoms with E-state index in [0.717, 1.165) is 26.4 Å². The van der Waals surface area contributed by atoms with E-state index in [4.69, 9.17) is 5.73 Å². The number of hydrogen-bond donors (Lipinski definition) is 1. The quantitative estimate of drug-likeness (QED) is 0.929. The van der Waals surface area contributed by atoms with E-state index in [0.29, 0.717) is 5.92 Å². The molecule has 0 amide bonds. The van der Waals surface area contributed by atoms with Gasteiger partial charge in [-0.2, -0.15) is 5.10 Å². The van der Waals surface area contributed by atoms with Crippen LogP contribution < -0.4 is 5.73 Å². The zero-order chi connectivity index (χ0) is 12.6. The molecule has 0 fully saturated rings. The maximum Gasteiger partial charge on any atom is 0.156 e. The molecule has 0 atom stereocenters. The molecule has 17 heavy (non-hydrogen) atoms. The van der Waals surface area contributed by atoms with Gasteiger partial charge in [0.15, 0.2) is 4.34 Å². The minimum absolute atomic E-state index is 0.341. The number of thiazole rings is 1. The molecule has 0 bridgehead atoms. The van der Waals surface area contributed by atoms with Gasteiger partial charge in [0.1, 0.15) is 5.03 Å². The topological polar surface area (TPSA) is 56.7 Å². The van der Waals surface area contributed by atoms with Crippen LogP contribution >= 0.6 is 23.1 Å². The molecule has 2 heterocycles. The molecule has 2 aromatic heterocycles. The van der Waals surface area contributed by atoms with Crippen molar-refractivity contribution in [2.75, 3.05) is 5.73 Å². The van der Waals surface area contributed by atoms with Gasteiger partial charge in [-0.05, 0) is 24.6 Å². The maximum absolute atomic E-state index is 6.13. The smallest absolute Gasteiger partial charge is 0.156 e. The first-order valence-electron chi connectivity index (χ1n) is 5.41. The first kappa shape index (κ1) is 12.4. The number of aryl methyl sites for hydroxylation is 2. The first-order chi connectivity index (χ1) is 7.99. The van der Waals surface area contributed by atoms with Crippen LogP contribution in [0, 0.1) is 6.92 Å². The Balaban J connectivity index is 2.33. The standard InChI is InChI=1S/C11H16N4S2/c1-6(2)9-8(12)10(15(4)14-9)17-11-13-7(3)5-16-11/h5-6H,12H2,1-4H3. The van der Waals surface area contributed by atoms with Crippen LogP contribution in [0.4, 0.5) is 5.69 Å². The monoisotopic (exact) mass is 268 g/mol. The molecule has 0 unspecified atom stereocenters. The number of rotatable bonds is 3. The van der Waals surface area contributed by atoms with Gasteiger partial charge >= 0.3 is 0 Å². The van der Waals surface area contributed by atoms with Gasteiger partial charge in [-0.3, -0.25) is 4.68 Å². The number of hydrogen-bond acceptors (Lipinski definition) is 5. The number of anilines is 1. The van der Waals surface area contributed by atoms with Crippen molar-refractivity contribution in [1.82, 2.24) is 14.8 Å². The van der Waals surface area contributed by atoms with E-state index >= 15 is 0 Å². The second-order valence-corrected chi connectivity index (χ2v) is 6.33. The molecule has 92 valence electrons. The molecule has 0 aliphatic heterocycles. The highest BCUT2D eigenvalue weighted by molar-refractivity contribution is 8.01. The predicted octanol–water partition coefficient (Wildman–Crippen LogP) is 3.04. The Morgan fingerprint density at radius 1 is 1.47 bits per heavy atom. The minimum Gasteiger partial charge on any atom is -0.395 e.